The zero-order valence-corrected chi connectivity index (χ0v) is 15.3. The number of likely N-dealkylation sites (N-methyl/N-ethyl adjacent to an activating group) is 1. The van der Waals surface area contributed by atoms with Crippen molar-refractivity contribution in [1.29, 1.82) is 0 Å². The standard InChI is InChI=1S/C13H26N6O6S/c1-6(21)10(15)11(26)19(2)16-4-7(3-9(14)22)17-13(25)18-8(5-20)12(23)24/h6-8,10,16,20-21H,3-5,15H2,1-2H3,(H2,14,22)(H,23,24)(H2,17,18,25)/t6?,7-,8-,10-/m1/s1. The summed E-state index contributed by atoms with van der Waals surface area (Å²) < 4.78 is 0. The molecule has 10 N–H and O–H groups in total. The topological polar surface area (TPSA) is 203 Å². The molecule has 0 aromatic heterocycles. The number of amides is 3. The molecule has 0 aromatic carbocycles. The molecule has 0 spiro atoms. The Kier molecular flexibility index (Phi) is 10.6. The lowest BCUT2D eigenvalue weighted by Gasteiger charge is -2.28. The van der Waals surface area contributed by atoms with E-state index in [9.17, 15) is 19.5 Å². The van der Waals surface area contributed by atoms with E-state index in [-0.39, 0.29) is 18.0 Å². The molecule has 13 heteroatoms. The van der Waals surface area contributed by atoms with E-state index in [2.05, 4.69) is 10.7 Å². The second kappa shape index (κ2) is 11.5. The maximum Gasteiger partial charge on any atom is 0.328 e. The first-order valence-electron chi connectivity index (χ1n) is 7.63. The van der Waals surface area contributed by atoms with Crippen LogP contribution >= 0.6 is 12.2 Å². The minimum atomic E-state index is -1.49. The molecule has 12 nitrogen and oxygen atoms in total. The van der Waals surface area contributed by atoms with Crippen molar-refractivity contribution in [2.24, 2.45) is 11.5 Å². The maximum absolute atomic E-state index is 11.8. The van der Waals surface area contributed by atoms with Crippen molar-refractivity contribution >= 4 is 35.1 Å². The minimum absolute atomic E-state index is 0.0103. The van der Waals surface area contributed by atoms with Gasteiger partial charge in [-0.25, -0.2) is 15.0 Å². The van der Waals surface area contributed by atoms with Crippen LogP contribution in [0.15, 0.2) is 0 Å². The van der Waals surface area contributed by atoms with Crippen molar-refractivity contribution in [3.8, 4) is 0 Å². The Hall–Kier alpha value is -2.06. The molecule has 150 valence electrons. The molecule has 0 aromatic rings. The number of aliphatic hydroxyl groups excluding tert-OH is 2. The first-order chi connectivity index (χ1) is 12.0. The average Bonchev–Trinajstić information content (AvgIpc) is 2.54. The van der Waals surface area contributed by atoms with Crippen LogP contribution in [0, 0.1) is 0 Å². The SMILES string of the molecule is CC(O)[C@@H](N)C(=S)N(C)NC[C@@H](CC(N)=O)NC(=O)N[C@H](CO)C(=O)O. The van der Waals surface area contributed by atoms with E-state index in [1.165, 1.54) is 19.0 Å². The summed E-state index contributed by atoms with van der Waals surface area (Å²) in [6.45, 7) is 0.693. The Morgan fingerprint density at radius 2 is 1.85 bits per heavy atom. The Morgan fingerprint density at radius 3 is 2.27 bits per heavy atom. The van der Waals surface area contributed by atoms with Crippen LogP contribution < -0.4 is 27.5 Å². The molecule has 3 amide bonds. The van der Waals surface area contributed by atoms with E-state index in [0.717, 1.165) is 0 Å². The Bertz CT molecular complexity index is 519. The van der Waals surface area contributed by atoms with Crippen LogP contribution in [0.5, 0.6) is 0 Å². The van der Waals surface area contributed by atoms with Gasteiger partial charge in [0.05, 0.1) is 24.8 Å². The third kappa shape index (κ3) is 8.87. The molecule has 0 saturated carbocycles. The number of urea groups is 1. The normalized spacial score (nSPS) is 15.3. The number of primary amides is 1. The molecule has 0 rings (SSSR count). The van der Waals surface area contributed by atoms with Gasteiger partial charge in [-0.3, -0.25) is 4.79 Å². The lowest BCUT2D eigenvalue weighted by molar-refractivity contribution is -0.140. The highest BCUT2D eigenvalue weighted by atomic mass is 32.1. The van der Waals surface area contributed by atoms with E-state index >= 15 is 0 Å². The summed E-state index contributed by atoms with van der Waals surface area (Å²) in [5.41, 5.74) is 13.7. The fourth-order valence-electron chi connectivity index (χ4n) is 1.74. The van der Waals surface area contributed by atoms with Crippen LogP contribution in [0.2, 0.25) is 0 Å². The van der Waals surface area contributed by atoms with Gasteiger partial charge >= 0.3 is 12.0 Å². The quantitative estimate of drug-likeness (QED) is 0.128. The lowest BCUT2D eigenvalue weighted by Crippen LogP contribution is -2.56. The van der Waals surface area contributed by atoms with Gasteiger partial charge in [0.1, 0.15) is 4.99 Å². The number of nitrogens with two attached hydrogens (primary N) is 2. The van der Waals surface area contributed by atoms with Crippen molar-refractivity contribution in [3.05, 3.63) is 0 Å². The Balaban J connectivity index is 4.75. The van der Waals surface area contributed by atoms with Gasteiger partial charge in [-0.1, -0.05) is 12.2 Å². The predicted molar refractivity (Wildman–Crippen MR) is 95.8 cm³/mol. The summed E-state index contributed by atoms with van der Waals surface area (Å²) in [4.78, 5) is 34.0. The summed E-state index contributed by atoms with van der Waals surface area (Å²) in [5.74, 6) is -2.11. The molecule has 0 heterocycles. The fourth-order valence-corrected chi connectivity index (χ4v) is 2.00. The summed E-state index contributed by atoms with van der Waals surface area (Å²) in [5, 5.41) is 32.9. The number of thiocarbonyl (C=S) groups is 1. The number of carbonyl (C=O) groups excluding carboxylic acids is 2. The van der Waals surface area contributed by atoms with Gasteiger partial charge in [-0.15, -0.1) is 0 Å². The number of carboxylic acids is 1. The number of rotatable bonds is 11. The first-order valence-corrected chi connectivity index (χ1v) is 8.04. The zero-order valence-electron chi connectivity index (χ0n) is 14.5. The van der Waals surface area contributed by atoms with Crippen molar-refractivity contribution in [2.75, 3.05) is 20.2 Å². The number of hydrogen-bond donors (Lipinski definition) is 8. The number of nitrogens with one attached hydrogen (secondary N) is 3. The molecule has 0 bridgehead atoms. The molecule has 0 fully saturated rings. The summed E-state index contributed by atoms with van der Waals surface area (Å²) >= 11 is 5.10. The highest BCUT2D eigenvalue weighted by molar-refractivity contribution is 7.80. The third-order valence-corrected chi connectivity index (χ3v) is 3.83. The molecular weight excluding hydrogens is 368 g/mol. The lowest BCUT2D eigenvalue weighted by atomic mass is 10.2. The molecule has 0 radical (unpaired) electrons. The van der Waals surface area contributed by atoms with Gasteiger partial charge in [0.15, 0.2) is 6.04 Å². The summed E-state index contributed by atoms with van der Waals surface area (Å²) in [7, 11) is 1.54. The predicted octanol–water partition coefficient (Wildman–Crippen LogP) is -3.55. The van der Waals surface area contributed by atoms with Crippen molar-refractivity contribution in [1.82, 2.24) is 21.1 Å². The number of carbonyl (C=O) groups is 3. The number of aliphatic carboxylic acids is 1. The molecule has 0 saturated heterocycles. The van der Waals surface area contributed by atoms with Gasteiger partial charge in [-0.2, -0.15) is 0 Å². The van der Waals surface area contributed by atoms with Crippen LogP contribution in [-0.2, 0) is 9.59 Å². The van der Waals surface area contributed by atoms with E-state index in [0.29, 0.717) is 0 Å². The minimum Gasteiger partial charge on any atom is -0.480 e. The second-order valence-electron chi connectivity index (χ2n) is 5.58. The monoisotopic (exact) mass is 394 g/mol. The number of carboxylic acid groups (broad SMARTS) is 1. The van der Waals surface area contributed by atoms with Gasteiger partial charge in [0, 0.05) is 20.0 Å². The van der Waals surface area contributed by atoms with Crippen LogP contribution in [-0.4, -0.2) is 87.7 Å². The Morgan fingerprint density at radius 1 is 1.27 bits per heavy atom. The molecule has 0 aliphatic rings. The second-order valence-corrected chi connectivity index (χ2v) is 6.00. The number of hydrogen-bond acceptors (Lipinski definition) is 8. The van der Waals surface area contributed by atoms with Crippen LogP contribution in [0.25, 0.3) is 0 Å². The van der Waals surface area contributed by atoms with E-state index in [1.807, 2.05) is 5.32 Å². The van der Waals surface area contributed by atoms with Crippen LogP contribution in [0.4, 0.5) is 4.79 Å². The van der Waals surface area contributed by atoms with Crippen LogP contribution in [0.1, 0.15) is 13.3 Å². The average molecular weight is 394 g/mol. The number of aliphatic hydroxyl groups is 2. The molecule has 4 atom stereocenters. The van der Waals surface area contributed by atoms with E-state index in [1.54, 1.807) is 0 Å². The van der Waals surface area contributed by atoms with Crippen molar-refractivity contribution in [3.63, 3.8) is 0 Å². The number of hydrazine groups is 1. The number of nitrogens with zero attached hydrogens (tertiary/aromatic N) is 1. The molecular formula is C13H26N6O6S. The van der Waals surface area contributed by atoms with Gasteiger partial charge in [0.25, 0.3) is 0 Å². The smallest absolute Gasteiger partial charge is 0.328 e. The summed E-state index contributed by atoms with van der Waals surface area (Å²) in [6.07, 6.45) is -1.11. The van der Waals surface area contributed by atoms with E-state index < -0.39 is 48.7 Å². The van der Waals surface area contributed by atoms with Gasteiger partial charge in [-0.05, 0) is 6.92 Å². The van der Waals surface area contributed by atoms with Crippen LogP contribution in [0.3, 0.4) is 0 Å². The summed E-state index contributed by atoms with van der Waals surface area (Å²) in [6, 6.07) is -3.98. The van der Waals surface area contributed by atoms with E-state index in [4.69, 9.17) is 33.9 Å². The Labute approximate surface area is 155 Å². The van der Waals surface area contributed by atoms with Crippen molar-refractivity contribution < 1.29 is 29.7 Å². The molecule has 0 aliphatic carbocycles. The highest BCUT2D eigenvalue weighted by Gasteiger charge is 2.23. The first kappa shape index (κ1) is 23.9. The molecule has 26 heavy (non-hydrogen) atoms. The molecule has 0 aliphatic heterocycles. The largest absolute Gasteiger partial charge is 0.480 e. The fraction of sp³-hybridized carbons (Fsp3) is 0.692. The third-order valence-electron chi connectivity index (χ3n) is 3.28. The molecule has 1 unspecified atom stereocenters. The highest BCUT2D eigenvalue weighted by Crippen LogP contribution is 1.98. The zero-order chi connectivity index (χ0) is 20.4. The maximum atomic E-state index is 11.8. The van der Waals surface area contributed by atoms with Gasteiger partial charge < -0.3 is 42.4 Å². The van der Waals surface area contributed by atoms with Crippen molar-refractivity contribution in [2.45, 2.75) is 37.6 Å². The van der Waals surface area contributed by atoms with Gasteiger partial charge in [0.2, 0.25) is 5.91 Å².